The number of carbonyl (C=O) groups excluding carboxylic acids is 2. The molecule has 0 saturated carbocycles. The third kappa shape index (κ3) is 6.94. The van der Waals surface area contributed by atoms with E-state index in [2.05, 4.69) is 5.32 Å². The second-order valence-electron chi connectivity index (χ2n) is 1.41. The van der Waals surface area contributed by atoms with Crippen LogP contribution in [0, 0.1) is 0 Å². The number of rotatable bonds is 3. The Morgan fingerprint density at radius 3 is 2.10 bits per heavy atom. The number of primary amides is 1. The fraction of sp³-hybridized carbons (Fsp3) is 0.667. The van der Waals surface area contributed by atoms with Crippen LogP contribution >= 0.6 is 0 Å². The smallest absolute Gasteiger partial charge is 0.239 e. The zero-order chi connectivity index (χ0) is 6.57. The predicted molar refractivity (Wildman–Crippen MR) is 41.3 cm³/mol. The first kappa shape index (κ1) is 16.0. The second-order valence-corrected chi connectivity index (χ2v) is 1.41. The van der Waals surface area contributed by atoms with E-state index in [9.17, 15) is 9.59 Å². The van der Waals surface area contributed by atoms with Crippen LogP contribution in [0.5, 0.6) is 0 Å². The first-order valence-corrected chi connectivity index (χ1v) is 2.17. The molecule has 0 bridgehead atoms. The topological polar surface area (TPSA) is 72.2 Å². The van der Waals surface area contributed by atoms with Gasteiger partial charge in [-0.1, -0.05) is 14.9 Å². The molecule has 1 unspecified atom stereocenters. The van der Waals surface area contributed by atoms with E-state index in [1.807, 2.05) is 0 Å². The lowest BCUT2D eigenvalue weighted by molar-refractivity contribution is -0.122. The van der Waals surface area contributed by atoms with Gasteiger partial charge in [0.05, 0.1) is 0 Å². The summed E-state index contributed by atoms with van der Waals surface area (Å²) < 4.78 is 0. The molecule has 0 aromatic heterocycles. The largest absolute Gasteiger partial charge is 0.368 e. The van der Waals surface area contributed by atoms with Gasteiger partial charge < -0.3 is 11.1 Å². The summed E-state index contributed by atoms with van der Waals surface area (Å²) in [7, 11) is 0. The Hall–Kier alpha value is -1.06. The number of nitrogens with two attached hydrogens (primary N) is 1. The van der Waals surface area contributed by atoms with Crippen molar-refractivity contribution >= 4 is 12.3 Å². The molecule has 4 nitrogen and oxygen atoms in total. The van der Waals surface area contributed by atoms with Crippen LogP contribution < -0.4 is 11.1 Å². The van der Waals surface area contributed by atoms with Gasteiger partial charge in [0.1, 0.15) is 6.04 Å². The molecular formula is C6H16N2O2. The number of carbonyl (C=O) groups is 2. The molecule has 0 aliphatic carbocycles. The zero-order valence-electron chi connectivity index (χ0n) is 4.55. The molecule has 0 rings (SSSR count). The second kappa shape index (κ2) is 7.94. The predicted octanol–water partition coefficient (Wildman–Crippen LogP) is -0.122. The van der Waals surface area contributed by atoms with Gasteiger partial charge >= 0.3 is 0 Å². The van der Waals surface area contributed by atoms with Gasteiger partial charge in [-0.2, -0.15) is 0 Å². The van der Waals surface area contributed by atoms with Gasteiger partial charge in [0.2, 0.25) is 12.3 Å². The fourth-order valence-corrected chi connectivity index (χ4v) is 0.184. The number of hydrogen-bond acceptors (Lipinski definition) is 2. The molecule has 0 radical (unpaired) electrons. The first-order chi connectivity index (χ1) is 3.68. The Balaban J connectivity index is -0.000000245. The summed E-state index contributed by atoms with van der Waals surface area (Å²) in [5.74, 6) is -0.530. The molecule has 62 valence electrons. The summed E-state index contributed by atoms with van der Waals surface area (Å²) in [5.41, 5.74) is 4.76. The number of nitrogens with one attached hydrogen (secondary N) is 1. The minimum absolute atomic E-state index is 0. The van der Waals surface area contributed by atoms with Crippen molar-refractivity contribution in [2.45, 2.75) is 27.8 Å². The minimum Gasteiger partial charge on any atom is -0.368 e. The van der Waals surface area contributed by atoms with Crippen molar-refractivity contribution in [3.63, 3.8) is 0 Å². The Morgan fingerprint density at radius 1 is 1.60 bits per heavy atom. The van der Waals surface area contributed by atoms with Crippen LogP contribution in [0.15, 0.2) is 0 Å². The zero-order valence-corrected chi connectivity index (χ0v) is 4.55. The van der Waals surface area contributed by atoms with Crippen molar-refractivity contribution in [2.24, 2.45) is 5.73 Å². The Kier molecular flexibility index (Phi) is 12.7. The number of hydrogen-bond donors (Lipinski definition) is 2. The van der Waals surface area contributed by atoms with E-state index < -0.39 is 11.9 Å². The Labute approximate surface area is 61.8 Å². The lowest BCUT2D eigenvalue weighted by Gasteiger charge is -2.01. The molecule has 3 N–H and O–H groups in total. The maximum Gasteiger partial charge on any atom is 0.239 e. The van der Waals surface area contributed by atoms with Crippen LogP contribution in [0.25, 0.3) is 0 Å². The molecular weight excluding hydrogens is 132 g/mol. The maximum atomic E-state index is 10.1. The van der Waals surface area contributed by atoms with Gasteiger partial charge in [-0.15, -0.1) is 0 Å². The third-order valence-corrected chi connectivity index (χ3v) is 0.745. The van der Waals surface area contributed by atoms with Crippen LogP contribution in [0.4, 0.5) is 0 Å². The van der Waals surface area contributed by atoms with Crippen molar-refractivity contribution in [1.29, 1.82) is 0 Å². The van der Waals surface area contributed by atoms with Crippen molar-refractivity contribution in [3.05, 3.63) is 0 Å². The molecule has 0 aromatic carbocycles. The highest BCUT2D eigenvalue weighted by molar-refractivity contribution is 5.81. The van der Waals surface area contributed by atoms with Gasteiger partial charge in [-0.05, 0) is 6.92 Å². The summed E-state index contributed by atoms with van der Waals surface area (Å²) in [5, 5.41) is 2.19. The molecule has 10 heavy (non-hydrogen) atoms. The van der Waals surface area contributed by atoms with Crippen molar-refractivity contribution in [2.75, 3.05) is 0 Å². The molecule has 0 saturated heterocycles. The minimum atomic E-state index is -0.563. The molecule has 0 aliphatic rings. The van der Waals surface area contributed by atoms with Crippen LogP contribution in [0.1, 0.15) is 21.8 Å². The normalized spacial score (nSPS) is 9.70. The van der Waals surface area contributed by atoms with Gasteiger partial charge in [-0.25, -0.2) is 0 Å². The molecule has 0 aliphatic heterocycles. The average molecular weight is 148 g/mol. The lowest BCUT2D eigenvalue weighted by Crippen LogP contribution is -2.37. The average Bonchev–Trinajstić information content (AvgIpc) is 1.67. The van der Waals surface area contributed by atoms with Crippen molar-refractivity contribution in [3.8, 4) is 0 Å². The molecule has 0 spiro atoms. The molecule has 0 aromatic rings. The molecule has 0 heterocycles. The van der Waals surface area contributed by atoms with Crippen molar-refractivity contribution in [1.82, 2.24) is 5.32 Å². The van der Waals surface area contributed by atoms with E-state index in [0.29, 0.717) is 6.41 Å². The van der Waals surface area contributed by atoms with E-state index in [1.165, 1.54) is 6.92 Å². The SMILES string of the molecule is C.C.CC(NC=O)C(N)=O. The molecule has 0 fully saturated rings. The summed E-state index contributed by atoms with van der Waals surface area (Å²) in [6.45, 7) is 1.51. The van der Waals surface area contributed by atoms with E-state index >= 15 is 0 Å². The highest BCUT2D eigenvalue weighted by Crippen LogP contribution is 1.72. The highest BCUT2D eigenvalue weighted by atomic mass is 16.2. The van der Waals surface area contributed by atoms with Gasteiger partial charge in [-0.3, -0.25) is 9.59 Å². The molecule has 4 heteroatoms. The lowest BCUT2D eigenvalue weighted by atomic mass is 10.3. The van der Waals surface area contributed by atoms with Crippen LogP contribution in [0.3, 0.4) is 0 Å². The summed E-state index contributed by atoms with van der Waals surface area (Å²) in [4.78, 5) is 19.7. The Morgan fingerprint density at radius 2 is 2.00 bits per heavy atom. The summed E-state index contributed by atoms with van der Waals surface area (Å²) >= 11 is 0. The van der Waals surface area contributed by atoms with E-state index in [-0.39, 0.29) is 14.9 Å². The summed E-state index contributed by atoms with van der Waals surface area (Å²) in [6.07, 6.45) is 0.440. The van der Waals surface area contributed by atoms with E-state index in [4.69, 9.17) is 5.73 Å². The van der Waals surface area contributed by atoms with E-state index in [1.54, 1.807) is 0 Å². The highest BCUT2D eigenvalue weighted by Gasteiger charge is 2.03. The van der Waals surface area contributed by atoms with Gasteiger partial charge in [0.25, 0.3) is 0 Å². The quantitative estimate of drug-likeness (QED) is 0.547. The standard InChI is InChI=1S/C4H8N2O2.2CH4/c1-3(4(5)8)6-2-7;;/h2-3H,1H3,(H2,5,8)(H,6,7);2*1H4. The fourth-order valence-electron chi connectivity index (χ4n) is 0.184. The van der Waals surface area contributed by atoms with Crippen LogP contribution in [0.2, 0.25) is 0 Å². The third-order valence-electron chi connectivity index (χ3n) is 0.745. The summed E-state index contributed by atoms with van der Waals surface area (Å²) in [6, 6.07) is -0.563. The van der Waals surface area contributed by atoms with E-state index in [0.717, 1.165) is 0 Å². The Bertz CT molecular complexity index is 104. The van der Waals surface area contributed by atoms with Gasteiger partial charge in [0, 0.05) is 0 Å². The van der Waals surface area contributed by atoms with Gasteiger partial charge in [0.15, 0.2) is 0 Å². The first-order valence-electron chi connectivity index (χ1n) is 2.17. The molecule has 2 amide bonds. The number of amides is 2. The van der Waals surface area contributed by atoms with Crippen LogP contribution in [-0.4, -0.2) is 18.4 Å². The monoisotopic (exact) mass is 148 g/mol. The maximum absolute atomic E-state index is 10.1. The van der Waals surface area contributed by atoms with Crippen molar-refractivity contribution < 1.29 is 9.59 Å². The van der Waals surface area contributed by atoms with Crippen LogP contribution in [-0.2, 0) is 9.59 Å². The molecule has 1 atom stereocenters.